The SMILES string of the molecule is Cc1ccc(P(c2ccc(C)cc2)P(c2ccc(C)cc2)c2ccc(C)cc2)cc1. The molecule has 0 nitrogen and oxygen atoms in total. The van der Waals surface area contributed by atoms with E-state index in [1.807, 2.05) is 0 Å². The highest BCUT2D eigenvalue weighted by Crippen LogP contribution is 2.65. The molecule has 0 atom stereocenters. The monoisotopic (exact) mass is 426 g/mol. The van der Waals surface area contributed by atoms with Crippen LogP contribution in [0.2, 0.25) is 0 Å². The van der Waals surface area contributed by atoms with Gasteiger partial charge >= 0.3 is 0 Å². The molecule has 0 amide bonds. The molecule has 4 aromatic carbocycles. The number of benzene rings is 4. The highest BCUT2D eigenvalue weighted by molar-refractivity contribution is 8.41. The zero-order chi connectivity index (χ0) is 21.1. The van der Waals surface area contributed by atoms with E-state index in [-0.39, 0.29) is 0 Å². The lowest BCUT2D eigenvalue weighted by molar-refractivity contribution is 1.48. The first-order valence-corrected chi connectivity index (χ1v) is 13.8. The average Bonchev–Trinajstić information content (AvgIpc) is 2.75. The van der Waals surface area contributed by atoms with Gasteiger partial charge in [0.1, 0.15) is 0 Å². The van der Waals surface area contributed by atoms with Gasteiger partial charge in [-0.05, 0) is 64.1 Å². The van der Waals surface area contributed by atoms with Gasteiger partial charge in [0.25, 0.3) is 0 Å². The Labute approximate surface area is 183 Å². The summed E-state index contributed by atoms with van der Waals surface area (Å²) in [5, 5.41) is 5.80. The first-order chi connectivity index (χ1) is 14.5. The van der Waals surface area contributed by atoms with Gasteiger partial charge in [-0.1, -0.05) is 119 Å². The molecule has 0 aliphatic rings. The van der Waals surface area contributed by atoms with E-state index in [0.717, 1.165) is 0 Å². The van der Waals surface area contributed by atoms with Crippen molar-refractivity contribution in [2.24, 2.45) is 0 Å². The van der Waals surface area contributed by atoms with Crippen molar-refractivity contribution in [1.29, 1.82) is 0 Å². The second-order valence-corrected chi connectivity index (χ2v) is 13.7. The molecule has 0 unspecified atom stereocenters. The third-order valence-electron chi connectivity index (χ3n) is 5.31. The molecule has 4 aromatic rings. The van der Waals surface area contributed by atoms with Crippen molar-refractivity contribution in [3.05, 3.63) is 119 Å². The van der Waals surface area contributed by atoms with Gasteiger partial charge in [0.2, 0.25) is 0 Å². The third kappa shape index (κ3) is 4.73. The minimum absolute atomic E-state index is 0.546. The van der Waals surface area contributed by atoms with Gasteiger partial charge in [-0.3, -0.25) is 0 Å². The molecule has 0 aliphatic heterocycles. The van der Waals surface area contributed by atoms with Crippen LogP contribution in [0, 0.1) is 27.7 Å². The summed E-state index contributed by atoms with van der Waals surface area (Å²) in [5.41, 5.74) is 5.25. The molecule has 30 heavy (non-hydrogen) atoms. The molecule has 150 valence electrons. The van der Waals surface area contributed by atoms with Crippen molar-refractivity contribution in [1.82, 2.24) is 0 Å². The maximum atomic E-state index is 2.35. The highest BCUT2D eigenvalue weighted by Gasteiger charge is 2.27. The van der Waals surface area contributed by atoms with Crippen LogP contribution in [0.1, 0.15) is 22.3 Å². The van der Waals surface area contributed by atoms with Crippen molar-refractivity contribution < 1.29 is 0 Å². The van der Waals surface area contributed by atoms with Gasteiger partial charge in [0.15, 0.2) is 0 Å². The topological polar surface area (TPSA) is 0 Å². The summed E-state index contributed by atoms with van der Waals surface area (Å²) in [5.74, 6) is 0. The number of aryl methyl sites for hydroxylation is 4. The molecule has 4 rings (SSSR count). The zero-order valence-corrected chi connectivity index (χ0v) is 19.9. The molecule has 0 saturated heterocycles. The minimum atomic E-state index is -0.546. The standard InChI is InChI=1S/C28H28P2/c1-21-5-13-25(14-6-21)29(26-15-7-22(2)8-16-26)30(27-17-9-23(3)10-18-27)28-19-11-24(4)12-20-28/h5-20H,1-4H3. The molecule has 0 saturated carbocycles. The van der Waals surface area contributed by atoms with Gasteiger partial charge in [0.05, 0.1) is 0 Å². The molecule has 0 fully saturated rings. The van der Waals surface area contributed by atoms with Crippen LogP contribution in [0.3, 0.4) is 0 Å². The van der Waals surface area contributed by atoms with Crippen molar-refractivity contribution in [2.45, 2.75) is 27.7 Å². The van der Waals surface area contributed by atoms with Crippen LogP contribution in [0.25, 0.3) is 0 Å². The summed E-state index contributed by atoms with van der Waals surface area (Å²) < 4.78 is 0. The van der Waals surface area contributed by atoms with E-state index in [0.29, 0.717) is 0 Å². The maximum absolute atomic E-state index is 2.35. The molecule has 0 aliphatic carbocycles. The Kier molecular flexibility index (Phi) is 6.48. The summed E-state index contributed by atoms with van der Waals surface area (Å²) in [6, 6.07) is 36.9. The van der Waals surface area contributed by atoms with Crippen molar-refractivity contribution in [3.8, 4) is 0 Å². The predicted molar refractivity (Wildman–Crippen MR) is 137 cm³/mol. The molecule has 0 spiro atoms. The van der Waals surface area contributed by atoms with E-state index in [2.05, 4.69) is 125 Å². The van der Waals surface area contributed by atoms with Crippen LogP contribution in [-0.4, -0.2) is 0 Å². The average molecular weight is 426 g/mol. The third-order valence-corrected chi connectivity index (χ3v) is 12.8. The van der Waals surface area contributed by atoms with Crippen LogP contribution in [0.15, 0.2) is 97.1 Å². The van der Waals surface area contributed by atoms with Crippen molar-refractivity contribution >= 4 is 36.4 Å². The summed E-state index contributed by atoms with van der Waals surface area (Å²) in [7, 11) is -1.09. The Morgan fingerprint density at radius 2 is 0.467 bits per heavy atom. The Morgan fingerprint density at radius 1 is 0.300 bits per heavy atom. The molecule has 0 N–H and O–H groups in total. The fourth-order valence-electron chi connectivity index (χ4n) is 3.50. The second-order valence-electron chi connectivity index (χ2n) is 7.97. The molecular weight excluding hydrogens is 398 g/mol. The molecule has 0 radical (unpaired) electrons. The Morgan fingerprint density at radius 3 is 0.633 bits per heavy atom. The fraction of sp³-hybridized carbons (Fsp3) is 0.143. The second kappa shape index (κ2) is 9.26. The van der Waals surface area contributed by atoms with Gasteiger partial charge in [0, 0.05) is 0 Å². The highest BCUT2D eigenvalue weighted by atomic mass is 32.1. The van der Waals surface area contributed by atoms with Crippen molar-refractivity contribution in [3.63, 3.8) is 0 Å². The van der Waals surface area contributed by atoms with E-state index in [1.165, 1.54) is 43.5 Å². The molecule has 0 bridgehead atoms. The molecule has 2 heteroatoms. The quantitative estimate of drug-likeness (QED) is 0.324. The lowest BCUT2D eigenvalue weighted by Crippen LogP contribution is -2.20. The molecular formula is C28H28P2. The Bertz CT molecular complexity index is 909. The van der Waals surface area contributed by atoms with Gasteiger partial charge in [-0.15, -0.1) is 0 Å². The summed E-state index contributed by atoms with van der Waals surface area (Å²) in [6.45, 7) is 8.67. The van der Waals surface area contributed by atoms with Gasteiger partial charge < -0.3 is 0 Å². The van der Waals surface area contributed by atoms with Gasteiger partial charge in [-0.25, -0.2) is 0 Å². The van der Waals surface area contributed by atoms with Crippen LogP contribution < -0.4 is 21.2 Å². The number of hydrogen-bond acceptors (Lipinski definition) is 0. The Hall–Kier alpha value is -2.26. The first-order valence-electron chi connectivity index (χ1n) is 10.4. The zero-order valence-electron chi connectivity index (χ0n) is 18.1. The molecule has 0 aromatic heterocycles. The summed E-state index contributed by atoms with van der Waals surface area (Å²) >= 11 is 0. The van der Waals surface area contributed by atoms with E-state index in [1.54, 1.807) is 0 Å². The minimum Gasteiger partial charge on any atom is -0.0587 e. The smallest absolute Gasteiger partial charge is 0.0100 e. The normalized spacial score (nSPS) is 11.3. The summed E-state index contributed by atoms with van der Waals surface area (Å²) in [4.78, 5) is 0. The largest absolute Gasteiger partial charge is 0.0587 e. The van der Waals surface area contributed by atoms with E-state index in [9.17, 15) is 0 Å². The van der Waals surface area contributed by atoms with Gasteiger partial charge in [-0.2, -0.15) is 0 Å². The lowest BCUT2D eigenvalue weighted by Gasteiger charge is -2.30. The van der Waals surface area contributed by atoms with Crippen LogP contribution in [-0.2, 0) is 0 Å². The van der Waals surface area contributed by atoms with E-state index >= 15 is 0 Å². The maximum Gasteiger partial charge on any atom is -0.0100 e. The van der Waals surface area contributed by atoms with Crippen LogP contribution in [0.4, 0.5) is 0 Å². The van der Waals surface area contributed by atoms with E-state index < -0.39 is 15.2 Å². The van der Waals surface area contributed by atoms with E-state index in [4.69, 9.17) is 0 Å². The van der Waals surface area contributed by atoms with Crippen molar-refractivity contribution in [2.75, 3.05) is 0 Å². The first kappa shape index (κ1) is 21.0. The fourth-order valence-corrected chi connectivity index (χ4v) is 11.1. The number of rotatable bonds is 5. The predicted octanol–water partition coefficient (Wildman–Crippen LogP) is 6.40. The summed E-state index contributed by atoms with van der Waals surface area (Å²) in [6.07, 6.45) is 0. The molecule has 0 heterocycles. The van der Waals surface area contributed by atoms with Crippen LogP contribution >= 0.6 is 15.2 Å². The van der Waals surface area contributed by atoms with Crippen LogP contribution in [0.5, 0.6) is 0 Å². The Balaban J connectivity index is 1.93. The number of hydrogen-bond donors (Lipinski definition) is 0. The lowest BCUT2D eigenvalue weighted by atomic mass is 10.2.